The van der Waals surface area contributed by atoms with Gasteiger partial charge in [-0.1, -0.05) is 34.1 Å². The molecular weight excluding hydrogens is 497 g/mol. The third kappa shape index (κ3) is 4.32. The van der Waals surface area contributed by atoms with Crippen molar-refractivity contribution in [3.63, 3.8) is 0 Å². The van der Waals surface area contributed by atoms with Crippen molar-refractivity contribution in [1.29, 1.82) is 0 Å². The third-order valence-electron chi connectivity index (χ3n) is 4.23. The van der Waals surface area contributed by atoms with Crippen LogP contribution in [0.25, 0.3) is 21.7 Å². The van der Waals surface area contributed by atoms with Gasteiger partial charge in [0.15, 0.2) is 0 Å². The second kappa shape index (κ2) is 8.16. The van der Waals surface area contributed by atoms with E-state index in [0.717, 1.165) is 10.5 Å². The van der Waals surface area contributed by atoms with E-state index in [0.29, 0.717) is 10.4 Å². The summed E-state index contributed by atoms with van der Waals surface area (Å²) in [5, 5.41) is 5.04. The van der Waals surface area contributed by atoms with Gasteiger partial charge in [-0.15, -0.1) is 11.3 Å². The molecule has 0 unspecified atom stereocenters. The van der Waals surface area contributed by atoms with E-state index in [1.807, 2.05) is 0 Å². The molecule has 4 rings (SSSR count). The number of aromatic nitrogens is 1. The van der Waals surface area contributed by atoms with Crippen molar-refractivity contribution in [2.75, 3.05) is 5.73 Å². The minimum atomic E-state index is -4.72. The highest BCUT2D eigenvalue weighted by molar-refractivity contribution is 9.10. The molecule has 158 valence electrons. The monoisotopic (exact) mass is 508 g/mol. The van der Waals surface area contributed by atoms with E-state index in [1.165, 1.54) is 17.6 Å². The molecule has 1 aromatic carbocycles. The fourth-order valence-electron chi connectivity index (χ4n) is 2.83. The number of nitrogens with one attached hydrogen (secondary N) is 1. The van der Waals surface area contributed by atoms with Crippen molar-refractivity contribution in [1.82, 2.24) is 10.4 Å². The van der Waals surface area contributed by atoms with Gasteiger partial charge in [0.2, 0.25) is 11.5 Å². The second-order valence-electron chi connectivity index (χ2n) is 6.31. The summed E-state index contributed by atoms with van der Waals surface area (Å²) >= 11 is 4.53. The average Bonchev–Trinajstić information content (AvgIpc) is 3.36. The minimum Gasteiger partial charge on any atom is -0.430 e. The molecule has 0 bridgehead atoms. The molecule has 0 aliphatic rings. The maximum absolute atomic E-state index is 13.7. The maximum atomic E-state index is 13.7. The van der Waals surface area contributed by atoms with Gasteiger partial charge in [0.25, 0.3) is 0 Å². The standard InChI is InChI=1S/C20H12BrF3N4O2S/c21-11-5-3-10(4-6-11)9-26-28-18(29)17-16(25)15-12(20(22,23)24)8-13(27-19(15)30-17)14-2-1-7-31-14/h1-9H,25H2,(H,28,29)/b26-9+. The zero-order valence-electron chi connectivity index (χ0n) is 15.4. The number of benzene rings is 1. The van der Waals surface area contributed by atoms with Crippen LogP contribution in [0.3, 0.4) is 0 Å². The van der Waals surface area contributed by atoms with Crippen LogP contribution < -0.4 is 11.2 Å². The fourth-order valence-corrected chi connectivity index (χ4v) is 3.78. The lowest BCUT2D eigenvalue weighted by Crippen LogP contribution is -2.18. The number of fused-ring (bicyclic) bond motifs is 1. The number of nitrogen functional groups attached to an aromatic ring is 1. The number of hydrogen-bond acceptors (Lipinski definition) is 6. The molecule has 0 aliphatic heterocycles. The molecule has 0 radical (unpaired) electrons. The summed E-state index contributed by atoms with van der Waals surface area (Å²) in [7, 11) is 0. The molecule has 4 aromatic rings. The van der Waals surface area contributed by atoms with Crippen molar-refractivity contribution in [3.8, 4) is 10.6 Å². The molecule has 31 heavy (non-hydrogen) atoms. The molecule has 3 heterocycles. The zero-order chi connectivity index (χ0) is 22.2. The van der Waals surface area contributed by atoms with Crippen molar-refractivity contribution in [2.24, 2.45) is 5.10 Å². The lowest BCUT2D eigenvalue weighted by molar-refractivity contribution is -0.136. The number of anilines is 1. The van der Waals surface area contributed by atoms with Crippen LogP contribution in [0.15, 0.2) is 61.8 Å². The quantitative estimate of drug-likeness (QED) is 0.273. The normalized spacial score (nSPS) is 12.0. The smallest absolute Gasteiger partial charge is 0.417 e. The molecule has 3 aromatic heterocycles. The zero-order valence-corrected chi connectivity index (χ0v) is 17.8. The fraction of sp³-hybridized carbons (Fsp3) is 0.0500. The van der Waals surface area contributed by atoms with Crippen LogP contribution >= 0.6 is 27.3 Å². The summed E-state index contributed by atoms with van der Waals surface area (Å²) in [6, 6.07) is 11.3. The van der Waals surface area contributed by atoms with Gasteiger partial charge in [-0.3, -0.25) is 4.79 Å². The number of hydrazone groups is 1. The van der Waals surface area contributed by atoms with Gasteiger partial charge in [0, 0.05) is 4.47 Å². The Morgan fingerprint density at radius 3 is 2.65 bits per heavy atom. The van der Waals surface area contributed by atoms with E-state index >= 15 is 0 Å². The Bertz CT molecular complexity index is 1280. The van der Waals surface area contributed by atoms with Gasteiger partial charge in [-0.05, 0) is 35.2 Å². The Kier molecular flexibility index (Phi) is 5.54. The lowest BCUT2D eigenvalue weighted by Gasteiger charge is -2.09. The maximum Gasteiger partial charge on any atom is 0.417 e. The number of thiophene rings is 1. The second-order valence-corrected chi connectivity index (χ2v) is 8.17. The van der Waals surface area contributed by atoms with E-state index in [1.54, 1.807) is 41.8 Å². The molecule has 0 spiro atoms. The predicted octanol–water partition coefficient (Wildman–Crippen LogP) is 5.68. The van der Waals surface area contributed by atoms with E-state index < -0.39 is 34.5 Å². The van der Waals surface area contributed by atoms with Crippen LogP contribution in [-0.4, -0.2) is 17.1 Å². The van der Waals surface area contributed by atoms with Crippen LogP contribution in [0.4, 0.5) is 18.9 Å². The lowest BCUT2D eigenvalue weighted by atomic mass is 10.1. The Morgan fingerprint density at radius 2 is 2.00 bits per heavy atom. The highest BCUT2D eigenvalue weighted by atomic mass is 79.9. The summed E-state index contributed by atoms with van der Waals surface area (Å²) in [6.07, 6.45) is -3.35. The highest BCUT2D eigenvalue weighted by Crippen LogP contribution is 2.41. The number of amides is 1. The summed E-state index contributed by atoms with van der Waals surface area (Å²) < 4.78 is 47.3. The summed E-state index contributed by atoms with van der Waals surface area (Å²) in [5.41, 5.74) is 6.97. The van der Waals surface area contributed by atoms with Gasteiger partial charge in [-0.2, -0.15) is 18.3 Å². The number of carbonyl (C=O) groups is 1. The van der Waals surface area contributed by atoms with Crippen molar-refractivity contribution < 1.29 is 22.4 Å². The van der Waals surface area contributed by atoms with E-state index in [2.05, 4.69) is 31.4 Å². The Morgan fingerprint density at radius 1 is 1.26 bits per heavy atom. The van der Waals surface area contributed by atoms with Crippen molar-refractivity contribution >= 4 is 56.2 Å². The first kappa shape index (κ1) is 21.1. The summed E-state index contributed by atoms with van der Waals surface area (Å²) in [4.78, 5) is 17.1. The summed E-state index contributed by atoms with van der Waals surface area (Å²) in [6.45, 7) is 0. The highest BCUT2D eigenvalue weighted by Gasteiger charge is 2.37. The molecule has 0 saturated carbocycles. The molecule has 11 heteroatoms. The largest absolute Gasteiger partial charge is 0.430 e. The molecule has 6 nitrogen and oxygen atoms in total. The SMILES string of the molecule is Nc1c(C(=O)N/N=C/c2ccc(Br)cc2)oc2nc(-c3cccs3)cc(C(F)(F)F)c12. The van der Waals surface area contributed by atoms with Gasteiger partial charge < -0.3 is 10.2 Å². The molecule has 3 N–H and O–H groups in total. The van der Waals surface area contributed by atoms with Gasteiger partial charge in [0.05, 0.1) is 33.4 Å². The third-order valence-corrected chi connectivity index (χ3v) is 5.65. The number of carbonyl (C=O) groups excluding carboxylic acids is 1. The van der Waals surface area contributed by atoms with Crippen LogP contribution in [0.2, 0.25) is 0 Å². The van der Waals surface area contributed by atoms with Crippen LogP contribution in [0.1, 0.15) is 21.7 Å². The first-order chi connectivity index (χ1) is 14.7. The van der Waals surface area contributed by atoms with Crippen LogP contribution in [-0.2, 0) is 6.18 Å². The van der Waals surface area contributed by atoms with E-state index in [4.69, 9.17) is 10.2 Å². The number of hydrogen-bond donors (Lipinski definition) is 2. The van der Waals surface area contributed by atoms with Crippen molar-refractivity contribution in [3.05, 3.63) is 69.2 Å². The number of pyridine rings is 1. The number of nitrogens with two attached hydrogens (primary N) is 1. The first-order valence-electron chi connectivity index (χ1n) is 8.67. The number of rotatable bonds is 4. The molecule has 0 saturated heterocycles. The molecule has 0 atom stereocenters. The topological polar surface area (TPSA) is 93.5 Å². The average molecular weight is 509 g/mol. The molecular formula is C20H12BrF3N4O2S. The Balaban J connectivity index is 1.70. The summed E-state index contributed by atoms with van der Waals surface area (Å²) in [5.74, 6) is -1.39. The van der Waals surface area contributed by atoms with Gasteiger partial charge in [-0.25, -0.2) is 10.4 Å². The number of furan rings is 1. The molecule has 0 fully saturated rings. The van der Waals surface area contributed by atoms with Crippen LogP contribution in [0, 0.1) is 0 Å². The minimum absolute atomic E-state index is 0.0730. The predicted molar refractivity (Wildman–Crippen MR) is 116 cm³/mol. The Labute approximate surface area is 185 Å². The number of nitrogens with zero attached hydrogens (tertiary/aromatic N) is 2. The Hall–Kier alpha value is -3.18. The molecule has 0 aliphatic carbocycles. The first-order valence-corrected chi connectivity index (χ1v) is 10.3. The van der Waals surface area contributed by atoms with E-state index in [-0.39, 0.29) is 11.4 Å². The molecule has 1 amide bonds. The van der Waals surface area contributed by atoms with E-state index in [9.17, 15) is 18.0 Å². The number of halogens is 4. The number of alkyl halides is 3. The van der Waals surface area contributed by atoms with Gasteiger partial charge >= 0.3 is 12.1 Å². The van der Waals surface area contributed by atoms with Crippen molar-refractivity contribution in [2.45, 2.75) is 6.18 Å². The van der Waals surface area contributed by atoms with Gasteiger partial charge in [0.1, 0.15) is 0 Å². The van der Waals surface area contributed by atoms with Crippen LogP contribution in [0.5, 0.6) is 0 Å².